The zero-order valence-corrected chi connectivity index (χ0v) is 8.04. The zero-order chi connectivity index (χ0) is 11.4. The minimum atomic E-state index is -2.68. The summed E-state index contributed by atoms with van der Waals surface area (Å²) in [6.07, 6.45) is -2.68. The molecule has 0 spiro atoms. The number of hydrogen-bond acceptors (Lipinski definition) is 4. The minimum Gasteiger partial charge on any atom is -0.465 e. The van der Waals surface area contributed by atoms with Crippen molar-refractivity contribution in [2.75, 3.05) is 7.11 Å². The van der Waals surface area contributed by atoms with Gasteiger partial charge in [0.1, 0.15) is 5.69 Å². The van der Waals surface area contributed by atoms with Crippen molar-refractivity contribution in [2.45, 2.75) is 13.0 Å². The molecule has 6 heteroatoms. The monoisotopic (exact) mass is 216 g/mol. The van der Waals surface area contributed by atoms with Crippen molar-refractivity contribution < 1.29 is 18.3 Å². The molecule has 2 N–H and O–H groups in total. The van der Waals surface area contributed by atoms with Crippen molar-refractivity contribution in [3.8, 4) is 0 Å². The lowest BCUT2D eigenvalue weighted by Crippen LogP contribution is -2.12. The van der Waals surface area contributed by atoms with Gasteiger partial charge >= 0.3 is 5.97 Å². The number of ether oxygens (including phenoxy) is 1. The van der Waals surface area contributed by atoms with E-state index in [4.69, 9.17) is 5.73 Å². The highest BCUT2D eigenvalue weighted by Gasteiger charge is 2.16. The van der Waals surface area contributed by atoms with E-state index in [0.29, 0.717) is 0 Å². The Morgan fingerprint density at radius 2 is 2.27 bits per heavy atom. The topological polar surface area (TPSA) is 65.2 Å². The number of hydrogen-bond donors (Lipinski definition) is 1. The highest BCUT2D eigenvalue weighted by molar-refractivity contribution is 5.90. The molecule has 0 aliphatic heterocycles. The number of carbonyl (C=O) groups excluding carboxylic acids is 1. The number of halogens is 2. The summed E-state index contributed by atoms with van der Waals surface area (Å²) in [6, 6.07) is 2.32. The molecule has 82 valence electrons. The van der Waals surface area contributed by atoms with Gasteiger partial charge in [-0.3, -0.25) is 0 Å². The standard InChI is InChI=1S/C9H10F2N2O2/c1-15-9(14)5-2-3-6(8(10)11)13-7(5)4-12/h2-3,8H,4,12H2,1H3. The molecule has 0 saturated carbocycles. The van der Waals surface area contributed by atoms with Crippen LogP contribution >= 0.6 is 0 Å². The van der Waals surface area contributed by atoms with Gasteiger partial charge in [0.25, 0.3) is 6.43 Å². The second kappa shape index (κ2) is 4.79. The third-order valence-corrected chi connectivity index (χ3v) is 1.82. The first-order valence-corrected chi connectivity index (χ1v) is 4.16. The van der Waals surface area contributed by atoms with E-state index in [9.17, 15) is 13.6 Å². The van der Waals surface area contributed by atoms with Crippen LogP contribution in [-0.2, 0) is 11.3 Å². The van der Waals surface area contributed by atoms with E-state index in [1.807, 2.05) is 0 Å². The molecule has 0 aromatic carbocycles. The molecule has 0 aliphatic carbocycles. The Labute approximate surface area is 85.1 Å². The average Bonchev–Trinajstić information content (AvgIpc) is 2.27. The van der Waals surface area contributed by atoms with E-state index in [2.05, 4.69) is 9.72 Å². The first-order chi connectivity index (χ1) is 7.10. The molecule has 1 rings (SSSR count). The van der Waals surface area contributed by atoms with E-state index in [1.54, 1.807) is 0 Å². The molecule has 0 aliphatic rings. The van der Waals surface area contributed by atoms with Gasteiger partial charge in [-0.2, -0.15) is 0 Å². The fourth-order valence-electron chi connectivity index (χ4n) is 1.09. The molecular weight excluding hydrogens is 206 g/mol. The number of esters is 1. The van der Waals surface area contributed by atoms with Crippen LogP contribution < -0.4 is 5.73 Å². The van der Waals surface area contributed by atoms with Gasteiger partial charge in [-0.05, 0) is 12.1 Å². The van der Waals surface area contributed by atoms with Crippen molar-refractivity contribution in [2.24, 2.45) is 5.73 Å². The van der Waals surface area contributed by atoms with Crippen LogP contribution in [0, 0.1) is 0 Å². The molecule has 0 unspecified atom stereocenters. The van der Waals surface area contributed by atoms with Gasteiger partial charge < -0.3 is 10.5 Å². The van der Waals surface area contributed by atoms with Gasteiger partial charge in [-0.1, -0.05) is 0 Å². The predicted octanol–water partition coefficient (Wildman–Crippen LogP) is 1.26. The second-order valence-corrected chi connectivity index (χ2v) is 2.73. The van der Waals surface area contributed by atoms with Crippen molar-refractivity contribution in [1.29, 1.82) is 0 Å². The maximum Gasteiger partial charge on any atom is 0.339 e. The van der Waals surface area contributed by atoms with E-state index in [-0.39, 0.29) is 17.8 Å². The Morgan fingerprint density at radius 3 is 2.73 bits per heavy atom. The summed E-state index contributed by atoms with van der Waals surface area (Å²) in [5.74, 6) is -0.635. The zero-order valence-electron chi connectivity index (χ0n) is 8.04. The largest absolute Gasteiger partial charge is 0.465 e. The molecule has 0 atom stereocenters. The van der Waals surface area contributed by atoms with Gasteiger partial charge in [-0.15, -0.1) is 0 Å². The summed E-state index contributed by atoms with van der Waals surface area (Å²) in [4.78, 5) is 14.8. The third-order valence-electron chi connectivity index (χ3n) is 1.82. The molecule has 0 radical (unpaired) electrons. The quantitative estimate of drug-likeness (QED) is 0.772. The summed E-state index contributed by atoms with van der Waals surface area (Å²) < 4.78 is 29.0. The van der Waals surface area contributed by atoms with Gasteiger partial charge in [-0.25, -0.2) is 18.6 Å². The van der Waals surface area contributed by atoms with Gasteiger partial charge in [0, 0.05) is 6.54 Å². The second-order valence-electron chi connectivity index (χ2n) is 2.73. The first-order valence-electron chi connectivity index (χ1n) is 4.16. The Balaban J connectivity index is 3.15. The van der Waals surface area contributed by atoms with Crippen molar-refractivity contribution >= 4 is 5.97 Å². The fourth-order valence-corrected chi connectivity index (χ4v) is 1.09. The first kappa shape index (κ1) is 11.5. The number of rotatable bonds is 3. The number of nitrogens with two attached hydrogens (primary N) is 1. The van der Waals surface area contributed by atoms with Gasteiger partial charge in [0.15, 0.2) is 0 Å². The van der Waals surface area contributed by atoms with Gasteiger partial charge in [0.05, 0.1) is 18.4 Å². The number of carbonyl (C=O) groups is 1. The number of pyridine rings is 1. The SMILES string of the molecule is COC(=O)c1ccc(C(F)F)nc1CN. The van der Waals surface area contributed by atoms with Crippen molar-refractivity contribution in [3.05, 3.63) is 29.1 Å². The van der Waals surface area contributed by atoms with E-state index in [1.165, 1.54) is 13.2 Å². The fraction of sp³-hybridized carbons (Fsp3) is 0.333. The molecule has 15 heavy (non-hydrogen) atoms. The Kier molecular flexibility index (Phi) is 3.68. The maximum absolute atomic E-state index is 12.3. The lowest BCUT2D eigenvalue weighted by Gasteiger charge is -2.07. The van der Waals surface area contributed by atoms with Crippen LogP contribution in [0.4, 0.5) is 8.78 Å². The lowest BCUT2D eigenvalue weighted by molar-refractivity contribution is 0.0598. The van der Waals surface area contributed by atoms with Crippen LogP contribution in [0.2, 0.25) is 0 Å². The number of methoxy groups -OCH3 is 1. The molecule has 4 nitrogen and oxygen atoms in total. The average molecular weight is 216 g/mol. The van der Waals surface area contributed by atoms with Crippen LogP contribution in [-0.4, -0.2) is 18.1 Å². The van der Waals surface area contributed by atoms with Crippen LogP contribution in [0.15, 0.2) is 12.1 Å². The summed E-state index contributed by atoms with van der Waals surface area (Å²) in [6.45, 7) is -0.0923. The molecular formula is C9H10F2N2O2. The lowest BCUT2D eigenvalue weighted by atomic mass is 10.1. The molecule has 0 bridgehead atoms. The maximum atomic E-state index is 12.3. The Hall–Kier alpha value is -1.56. The Bertz CT molecular complexity index is 369. The molecule has 0 amide bonds. The summed E-state index contributed by atoms with van der Waals surface area (Å²) in [7, 11) is 1.20. The normalized spacial score (nSPS) is 10.5. The number of aromatic nitrogens is 1. The smallest absolute Gasteiger partial charge is 0.339 e. The number of alkyl halides is 2. The summed E-state index contributed by atoms with van der Waals surface area (Å²) in [5.41, 5.74) is 5.12. The molecule has 1 aromatic rings. The summed E-state index contributed by atoms with van der Waals surface area (Å²) in [5, 5.41) is 0. The van der Waals surface area contributed by atoms with E-state index in [0.717, 1.165) is 6.07 Å². The van der Waals surface area contributed by atoms with E-state index >= 15 is 0 Å². The number of nitrogens with zero attached hydrogens (tertiary/aromatic N) is 1. The van der Waals surface area contributed by atoms with Crippen molar-refractivity contribution in [1.82, 2.24) is 4.98 Å². The van der Waals surface area contributed by atoms with E-state index < -0.39 is 18.1 Å². The van der Waals surface area contributed by atoms with Gasteiger partial charge in [0.2, 0.25) is 0 Å². The highest BCUT2D eigenvalue weighted by atomic mass is 19.3. The molecule has 0 saturated heterocycles. The minimum absolute atomic E-state index is 0.0923. The Morgan fingerprint density at radius 1 is 1.60 bits per heavy atom. The molecule has 0 fully saturated rings. The van der Waals surface area contributed by atoms with Crippen LogP contribution in [0.3, 0.4) is 0 Å². The van der Waals surface area contributed by atoms with Crippen LogP contribution in [0.25, 0.3) is 0 Å². The summed E-state index contributed by atoms with van der Waals surface area (Å²) >= 11 is 0. The van der Waals surface area contributed by atoms with Crippen molar-refractivity contribution in [3.63, 3.8) is 0 Å². The third kappa shape index (κ3) is 2.47. The molecule has 1 heterocycles. The van der Waals surface area contributed by atoms with Crippen LogP contribution in [0.5, 0.6) is 0 Å². The predicted molar refractivity (Wildman–Crippen MR) is 48.4 cm³/mol. The molecule has 1 aromatic heterocycles. The van der Waals surface area contributed by atoms with Crippen LogP contribution in [0.1, 0.15) is 28.2 Å². The highest BCUT2D eigenvalue weighted by Crippen LogP contribution is 2.18.